The van der Waals surface area contributed by atoms with Crippen LogP contribution < -0.4 is 15.0 Å². The highest BCUT2D eigenvalue weighted by molar-refractivity contribution is 6.26. The molecule has 0 bridgehead atoms. The van der Waals surface area contributed by atoms with Crippen LogP contribution in [0.25, 0.3) is 0 Å². The van der Waals surface area contributed by atoms with Gasteiger partial charge in [-0.05, 0) is 50.6 Å². The third-order valence-corrected chi connectivity index (χ3v) is 7.91. The zero-order valence-corrected chi connectivity index (χ0v) is 18.6. The predicted molar refractivity (Wildman–Crippen MR) is 120 cm³/mol. The van der Waals surface area contributed by atoms with Gasteiger partial charge in [0.15, 0.2) is 0 Å². The summed E-state index contributed by atoms with van der Waals surface area (Å²) in [5.41, 5.74) is 0.177. The van der Waals surface area contributed by atoms with Crippen molar-refractivity contribution < 1.29 is 24.0 Å². The highest BCUT2D eigenvalue weighted by atomic mass is 16.6. The second-order valence-corrected chi connectivity index (χ2v) is 9.23. The predicted octanol–water partition coefficient (Wildman–Crippen LogP) is 2.34. The minimum Gasteiger partial charge on any atom is -0.497 e. The molecule has 1 spiro atoms. The molecule has 3 amide bonds. The van der Waals surface area contributed by atoms with Crippen molar-refractivity contribution in [1.82, 2.24) is 4.90 Å². The largest absolute Gasteiger partial charge is 0.497 e. The molecule has 4 aliphatic rings. The standard InChI is InChI=1S/C24H22N4O6/c1-12-16(5-3-6-17(12)28(32)33)27-21(29)19-18-7-4-10-26(18)24(20(19)22(27)30)14-11-13(34-2)8-9-15(14)25-23(24)31/h3,5-6,8-9,11,18-20H,4,7,10H2,1-2H3,(H,25,31). The Balaban J connectivity index is 1.55. The van der Waals surface area contributed by atoms with Crippen LogP contribution in [0.4, 0.5) is 17.1 Å². The van der Waals surface area contributed by atoms with Crippen molar-refractivity contribution in [3.63, 3.8) is 0 Å². The Labute approximate surface area is 194 Å². The number of nitro groups is 1. The van der Waals surface area contributed by atoms with Crippen LogP contribution in [0.1, 0.15) is 24.0 Å². The van der Waals surface area contributed by atoms with Gasteiger partial charge in [-0.1, -0.05) is 6.07 Å². The summed E-state index contributed by atoms with van der Waals surface area (Å²) >= 11 is 0. The van der Waals surface area contributed by atoms with Gasteiger partial charge in [0.2, 0.25) is 17.7 Å². The number of nitro benzene ring substituents is 1. The number of rotatable bonds is 3. The van der Waals surface area contributed by atoms with Gasteiger partial charge in [0, 0.05) is 23.4 Å². The molecule has 2 aromatic rings. The topological polar surface area (TPSA) is 122 Å². The second-order valence-electron chi connectivity index (χ2n) is 9.23. The fourth-order valence-electron chi connectivity index (χ4n) is 6.60. The first-order valence-electron chi connectivity index (χ1n) is 11.2. The number of imide groups is 1. The maximum Gasteiger partial charge on any atom is 0.274 e. The lowest BCUT2D eigenvalue weighted by atomic mass is 9.75. The van der Waals surface area contributed by atoms with E-state index < -0.39 is 34.1 Å². The molecular weight excluding hydrogens is 440 g/mol. The van der Waals surface area contributed by atoms with Crippen LogP contribution in [-0.2, 0) is 19.9 Å². The molecule has 4 unspecified atom stereocenters. The van der Waals surface area contributed by atoms with Gasteiger partial charge >= 0.3 is 0 Å². The molecule has 4 atom stereocenters. The number of hydrogen-bond acceptors (Lipinski definition) is 7. The zero-order valence-electron chi connectivity index (χ0n) is 18.6. The Bertz CT molecular complexity index is 1310. The Hall–Kier alpha value is -3.79. The van der Waals surface area contributed by atoms with Crippen molar-refractivity contribution in [3.8, 4) is 5.75 Å². The Kier molecular flexibility index (Phi) is 4.20. The van der Waals surface area contributed by atoms with E-state index in [0.29, 0.717) is 30.0 Å². The number of nitrogens with zero attached hydrogens (tertiary/aromatic N) is 3. The minimum atomic E-state index is -1.33. The molecule has 4 heterocycles. The van der Waals surface area contributed by atoms with Gasteiger partial charge in [-0.25, -0.2) is 4.90 Å². The van der Waals surface area contributed by atoms with Gasteiger partial charge in [-0.3, -0.25) is 29.4 Å². The number of carbonyl (C=O) groups excluding carboxylic acids is 3. The summed E-state index contributed by atoms with van der Waals surface area (Å²) in [6.45, 7) is 2.13. The summed E-state index contributed by atoms with van der Waals surface area (Å²) < 4.78 is 5.41. The molecule has 4 aliphatic heterocycles. The summed E-state index contributed by atoms with van der Waals surface area (Å²) in [6.07, 6.45) is 1.50. The van der Waals surface area contributed by atoms with E-state index >= 15 is 0 Å². The summed E-state index contributed by atoms with van der Waals surface area (Å²) in [7, 11) is 1.53. The second kappa shape index (κ2) is 6.86. The van der Waals surface area contributed by atoms with Crippen molar-refractivity contribution in [2.45, 2.75) is 31.3 Å². The number of hydrogen-bond donors (Lipinski definition) is 1. The average molecular weight is 462 g/mol. The van der Waals surface area contributed by atoms with E-state index in [4.69, 9.17) is 4.74 Å². The van der Waals surface area contributed by atoms with E-state index in [9.17, 15) is 24.5 Å². The van der Waals surface area contributed by atoms with Crippen LogP contribution in [-0.4, -0.2) is 47.2 Å². The molecule has 0 aromatic heterocycles. The van der Waals surface area contributed by atoms with E-state index in [1.807, 2.05) is 4.90 Å². The lowest BCUT2D eigenvalue weighted by molar-refractivity contribution is -0.385. The third kappa shape index (κ3) is 2.30. The molecule has 6 rings (SSSR count). The first kappa shape index (κ1) is 20.8. The highest BCUT2D eigenvalue weighted by Gasteiger charge is 2.74. The van der Waals surface area contributed by atoms with Crippen LogP contribution in [0.5, 0.6) is 5.75 Å². The van der Waals surface area contributed by atoms with Crippen LogP contribution in [0.3, 0.4) is 0 Å². The van der Waals surface area contributed by atoms with E-state index in [-0.39, 0.29) is 28.9 Å². The van der Waals surface area contributed by atoms with Gasteiger partial charge in [-0.2, -0.15) is 0 Å². The maximum atomic E-state index is 14.0. The van der Waals surface area contributed by atoms with Crippen molar-refractivity contribution in [1.29, 1.82) is 0 Å². The fourth-order valence-corrected chi connectivity index (χ4v) is 6.60. The number of methoxy groups -OCH3 is 1. The van der Waals surface area contributed by atoms with Gasteiger partial charge < -0.3 is 10.1 Å². The first-order valence-corrected chi connectivity index (χ1v) is 11.2. The smallest absolute Gasteiger partial charge is 0.274 e. The molecule has 0 radical (unpaired) electrons. The third-order valence-electron chi connectivity index (χ3n) is 7.91. The molecule has 10 heteroatoms. The molecule has 3 fully saturated rings. The molecule has 34 heavy (non-hydrogen) atoms. The zero-order chi connectivity index (χ0) is 23.9. The number of amides is 3. The number of nitrogens with one attached hydrogen (secondary N) is 1. The summed E-state index contributed by atoms with van der Waals surface area (Å²) in [5, 5.41) is 14.4. The van der Waals surface area contributed by atoms with Crippen molar-refractivity contribution in [2.24, 2.45) is 11.8 Å². The monoisotopic (exact) mass is 462 g/mol. The van der Waals surface area contributed by atoms with Crippen LogP contribution >= 0.6 is 0 Å². The molecule has 10 nitrogen and oxygen atoms in total. The van der Waals surface area contributed by atoms with E-state index in [0.717, 1.165) is 11.3 Å². The van der Waals surface area contributed by atoms with Crippen molar-refractivity contribution >= 4 is 34.8 Å². The minimum absolute atomic E-state index is 0.166. The maximum absolute atomic E-state index is 14.0. The lowest BCUT2D eigenvalue weighted by Gasteiger charge is -2.36. The highest BCUT2D eigenvalue weighted by Crippen LogP contribution is 2.61. The number of fused-ring (bicyclic) bond motifs is 7. The SMILES string of the molecule is COc1ccc2c(c1)C1(C(=O)N2)C2C(=O)N(c3cccc([N+](=O)[O-])c3C)C(=O)C2C2CCCN21. The van der Waals surface area contributed by atoms with Gasteiger partial charge in [-0.15, -0.1) is 0 Å². The first-order chi connectivity index (χ1) is 16.3. The van der Waals surface area contributed by atoms with Crippen molar-refractivity contribution in [3.05, 3.63) is 57.6 Å². The van der Waals surface area contributed by atoms with Gasteiger partial charge in [0.05, 0.1) is 35.1 Å². The molecule has 174 valence electrons. The number of benzene rings is 2. The van der Waals surface area contributed by atoms with Crippen LogP contribution in [0.2, 0.25) is 0 Å². The Morgan fingerprint density at radius 2 is 1.97 bits per heavy atom. The summed E-state index contributed by atoms with van der Waals surface area (Å²) in [6, 6.07) is 9.35. The van der Waals surface area contributed by atoms with Gasteiger partial charge in [0.1, 0.15) is 11.3 Å². The van der Waals surface area contributed by atoms with E-state index in [1.54, 1.807) is 24.3 Å². The molecular formula is C24H22N4O6. The summed E-state index contributed by atoms with van der Waals surface area (Å²) in [4.78, 5) is 55.6. The average Bonchev–Trinajstić information content (AvgIpc) is 3.52. The Morgan fingerprint density at radius 1 is 1.18 bits per heavy atom. The number of anilines is 2. The lowest BCUT2D eigenvalue weighted by Crippen LogP contribution is -2.54. The molecule has 2 aromatic carbocycles. The quantitative estimate of drug-likeness (QED) is 0.422. The molecule has 1 N–H and O–H groups in total. The number of carbonyl (C=O) groups is 3. The van der Waals surface area contributed by atoms with E-state index in [2.05, 4.69) is 5.32 Å². The molecule has 3 saturated heterocycles. The molecule has 0 saturated carbocycles. The van der Waals surface area contributed by atoms with Crippen molar-refractivity contribution in [2.75, 3.05) is 23.9 Å². The van der Waals surface area contributed by atoms with Crippen LogP contribution in [0.15, 0.2) is 36.4 Å². The summed E-state index contributed by atoms with van der Waals surface area (Å²) in [5.74, 6) is -2.32. The van der Waals surface area contributed by atoms with Gasteiger partial charge in [0.25, 0.3) is 5.69 Å². The van der Waals surface area contributed by atoms with E-state index in [1.165, 1.54) is 26.2 Å². The van der Waals surface area contributed by atoms with Crippen LogP contribution in [0, 0.1) is 28.9 Å². The Morgan fingerprint density at radius 3 is 2.71 bits per heavy atom. The number of ether oxygens (including phenoxy) is 1. The normalized spacial score (nSPS) is 29.4. The fraction of sp³-hybridized carbons (Fsp3) is 0.375. The molecule has 0 aliphatic carbocycles.